The molecule has 1 fully saturated rings. The van der Waals surface area contributed by atoms with Gasteiger partial charge < -0.3 is 25.0 Å². The average molecular weight is 613 g/mol. The number of hydrogen-bond acceptors (Lipinski definition) is 6. The lowest BCUT2D eigenvalue weighted by molar-refractivity contribution is -0.136. The lowest BCUT2D eigenvalue weighted by Crippen LogP contribution is -2.38. The van der Waals surface area contributed by atoms with E-state index < -0.39 is 23.5 Å². The number of carbonyl (C=O) groups is 1. The fraction of sp³-hybridized carbons (Fsp3) is 0.486. The third-order valence-corrected chi connectivity index (χ3v) is 7.44. The Morgan fingerprint density at radius 2 is 1.68 bits per heavy atom. The smallest absolute Gasteiger partial charge is 0.307 e. The number of pyridine rings is 1. The molecule has 1 aliphatic rings. The van der Waals surface area contributed by atoms with Crippen molar-refractivity contribution in [1.29, 1.82) is 0 Å². The van der Waals surface area contributed by atoms with Gasteiger partial charge in [0.25, 0.3) is 0 Å². The Labute approximate surface area is 259 Å². The lowest BCUT2D eigenvalue weighted by atomic mass is 9.82. The van der Waals surface area contributed by atoms with E-state index in [-0.39, 0.29) is 30.0 Å². The van der Waals surface area contributed by atoms with Gasteiger partial charge in [-0.1, -0.05) is 32.0 Å². The molecule has 3 N–H and O–H groups in total. The minimum atomic E-state index is -0.981. The van der Waals surface area contributed by atoms with Crippen LogP contribution in [0.25, 0.3) is 11.1 Å². The van der Waals surface area contributed by atoms with Gasteiger partial charge in [-0.05, 0) is 88.3 Å². The summed E-state index contributed by atoms with van der Waals surface area (Å²) in [7, 11) is 0. The summed E-state index contributed by atoms with van der Waals surface area (Å²) in [6, 6.07) is 10.7. The first-order valence-electron chi connectivity index (χ1n) is 15.0. The number of anilines is 1. The highest BCUT2D eigenvalue weighted by molar-refractivity contribution is 5.87. The van der Waals surface area contributed by atoms with Crippen molar-refractivity contribution in [2.45, 2.75) is 85.9 Å². The van der Waals surface area contributed by atoms with Gasteiger partial charge in [-0.3, -0.25) is 9.78 Å². The van der Waals surface area contributed by atoms with Gasteiger partial charge in [0.05, 0.1) is 36.1 Å². The van der Waals surface area contributed by atoms with Crippen LogP contribution in [0, 0.1) is 24.0 Å². The maximum atomic E-state index is 15.3. The normalized spacial score (nSPS) is 15.3. The number of nitrogens with zero attached hydrogens (tertiary/aromatic N) is 2. The van der Waals surface area contributed by atoms with E-state index in [1.807, 2.05) is 0 Å². The van der Waals surface area contributed by atoms with E-state index in [0.29, 0.717) is 53.3 Å². The van der Waals surface area contributed by atoms with Crippen LogP contribution in [-0.2, 0) is 17.6 Å². The molecule has 240 valence electrons. The van der Waals surface area contributed by atoms with Crippen molar-refractivity contribution < 1.29 is 33.6 Å². The molecule has 1 atom stereocenters. The van der Waals surface area contributed by atoms with Gasteiger partial charge in [-0.15, -0.1) is 0 Å². The SMILES string of the molecule is CC(C)(C)O.Cc1nc(C(C)O)c(-c2ccc(OCCc3ccc(F)cc3)c(F)c2)c(N2CCC(C)(C)CC2)c1CC(=O)O. The molecule has 1 aromatic heterocycles. The zero-order valence-electron chi connectivity index (χ0n) is 26.9. The monoisotopic (exact) mass is 612 g/mol. The molecule has 0 saturated carbocycles. The summed E-state index contributed by atoms with van der Waals surface area (Å²) in [5.74, 6) is -1.80. The average Bonchev–Trinajstić information content (AvgIpc) is 2.90. The largest absolute Gasteiger partial charge is 0.490 e. The van der Waals surface area contributed by atoms with E-state index in [0.717, 1.165) is 18.4 Å². The quantitative estimate of drug-likeness (QED) is 0.238. The van der Waals surface area contributed by atoms with E-state index in [1.54, 1.807) is 58.9 Å². The number of hydrogen-bond donors (Lipinski definition) is 3. The summed E-state index contributed by atoms with van der Waals surface area (Å²) in [6.07, 6.45) is 1.14. The number of aromatic nitrogens is 1. The molecule has 3 aromatic rings. The van der Waals surface area contributed by atoms with Gasteiger partial charge in [0.15, 0.2) is 11.6 Å². The number of benzene rings is 2. The second-order valence-electron chi connectivity index (χ2n) is 13.2. The summed E-state index contributed by atoms with van der Waals surface area (Å²) >= 11 is 0. The Balaban J connectivity index is 0.000000978. The molecule has 0 radical (unpaired) electrons. The van der Waals surface area contributed by atoms with Crippen molar-refractivity contribution in [3.63, 3.8) is 0 Å². The molecule has 0 amide bonds. The molecule has 7 nitrogen and oxygen atoms in total. The Morgan fingerprint density at radius 1 is 1.09 bits per heavy atom. The third kappa shape index (κ3) is 9.99. The van der Waals surface area contributed by atoms with E-state index in [9.17, 15) is 19.4 Å². The minimum Gasteiger partial charge on any atom is -0.490 e. The van der Waals surface area contributed by atoms with Crippen LogP contribution in [0.3, 0.4) is 0 Å². The number of halogens is 2. The van der Waals surface area contributed by atoms with E-state index in [2.05, 4.69) is 23.7 Å². The van der Waals surface area contributed by atoms with Crippen molar-refractivity contribution in [3.05, 3.63) is 76.6 Å². The third-order valence-electron chi connectivity index (χ3n) is 7.44. The van der Waals surface area contributed by atoms with Crippen LogP contribution >= 0.6 is 0 Å². The molecule has 4 rings (SSSR count). The summed E-state index contributed by atoms with van der Waals surface area (Å²) < 4.78 is 34.2. The molecule has 2 heterocycles. The van der Waals surface area contributed by atoms with Crippen molar-refractivity contribution in [2.24, 2.45) is 5.41 Å². The van der Waals surface area contributed by atoms with Crippen molar-refractivity contribution in [1.82, 2.24) is 4.98 Å². The Hall–Kier alpha value is -3.56. The summed E-state index contributed by atoms with van der Waals surface area (Å²) in [5.41, 5.74) is 3.77. The number of ether oxygens (including phenoxy) is 1. The number of aliphatic carboxylic acids is 1. The highest BCUT2D eigenvalue weighted by atomic mass is 19.1. The van der Waals surface area contributed by atoms with Crippen LogP contribution in [-0.4, -0.2) is 51.6 Å². The molecule has 0 aliphatic carbocycles. The first kappa shape index (κ1) is 34.9. The van der Waals surface area contributed by atoms with E-state index in [4.69, 9.17) is 9.84 Å². The molecule has 0 bridgehead atoms. The van der Waals surface area contributed by atoms with E-state index in [1.165, 1.54) is 18.2 Å². The summed E-state index contributed by atoms with van der Waals surface area (Å²) in [6.45, 7) is 14.7. The molecule has 44 heavy (non-hydrogen) atoms. The fourth-order valence-electron chi connectivity index (χ4n) is 5.09. The summed E-state index contributed by atoms with van der Waals surface area (Å²) in [4.78, 5) is 18.6. The lowest BCUT2D eigenvalue weighted by Gasteiger charge is -2.40. The molecule has 0 spiro atoms. The van der Waals surface area contributed by atoms with Gasteiger partial charge in [0.1, 0.15) is 5.82 Å². The number of aliphatic hydroxyl groups excluding tert-OH is 1. The molecule has 1 saturated heterocycles. The molecule has 1 unspecified atom stereocenters. The molecular weight excluding hydrogens is 566 g/mol. The molecule has 1 aliphatic heterocycles. The van der Waals surface area contributed by atoms with Gasteiger partial charge >= 0.3 is 5.97 Å². The van der Waals surface area contributed by atoms with Crippen LogP contribution in [0.4, 0.5) is 14.5 Å². The molecular formula is C35H46F2N2O5. The highest BCUT2D eigenvalue weighted by Crippen LogP contribution is 2.43. The van der Waals surface area contributed by atoms with Crippen molar-refractivity contribution >= 4 is 11.7 Å². The maximum absolute atomic E-state index is 15.3. The van der Waals surface area contributed by atoms with Crippen LogP contribution in [0.15, 0.2) is 42.5 Å². The van der Waals surface area contributed by atoms with Crippen LogP contribution in [0.1, 0.15) is 83.0 Å². The van der Waals surface area contributed by atoms with Crippen LogP contribution < -0.4 is 9.64 Å². The Kier molecular flexibility index (Phi) is 11.5. The minimum absolute atomic E-state index is 0.0755. The molecule has 2 aromatic carbocycles. The Morgan fingerprint density at radius 3 is 2.20 bits per heavy atom. The van der Waals surface area contributed by atoms with Crippen LogP contribution in [0.5, 0.6) is 5.75 Å². The zero-order valence-corrected chi connectivity index (χ0v) is 26.9. The highest BCUT2D eigenvalue weighted by Gasteiger charge is 2.31. The van der Waals surface area contributed by atoms with Crippen molar-refractivity contribution in [3.8, 4) is 16.9 Å². The topological polar surface area (TPSA) is 103 Å². The predicted octanol–water partition coefficient (Wildman–Crippen LogP) is 7.04. The Bertz CT molecular complexity index is 1420. The maximum Gasteiger partial charge on any atom is 0.307 e. The van der Waals surface area contributed by atoms with Gasteiger partial charge in [-0.25, -0.2) is 8.78 Å². The second-order valence-corrected chi connectivity index (χ2v) is 13.2. The predicted molar refractivity (Wildman–Crippen MR) is 169 cm³/mol. The number of aliphatic hydroxyl groups is 2. The van der Waals surface area contributed by atoms with E-state index >= 15 is 4.39 Å². The first-order chi connectivity index (χ1) is 20.4. The number of aryl methyl sites for hydroxylation is 1. The number of carboxylic acid groups (broad SMARTS) is 1. The van der Waals surface area contributed by atoms with Gasteiger partial charge in [0.2, 0.25) is 0 Å². The number of carboxylic acids is 1. The standard InChI is InChI=1S/C31H36F2N2O4.C4H10O/c1-19-24(18-27(37)38)30(35-14-12-31(3,4)13-15-35)28(29(34-19)20(2)36)22-7-10-26(25(33)17-22)39-16-11-21-5-8-23(32)9-6-21;1-4(2,3)5/h5-10,17,20,36H,11-16,18H2,1-4H3,(H,37,38);5H,1-3H3. The van der Waals surface area contributed by atoms with Crippen LogP contribution in [0.2, 0.25) is 0 Å². The van der Waals surface area contributed by atoms with Crippen molar-refractivity contribution in [2.75, 3.05) is 24.6 Å². The second kappa shape index (κ2) is 14.5. The number of piperidine rings is 1. The van der Waals surface area contributed by atoms with Gasteiger partial charge in [-0.2, -0.15) is 0 Å². The molecule has 9 heteroatoms. The summed E-state index contributed by atoms with van der Waals surface area (Å²) in [5, 5.41) is 28.9. The van der Waals surface area contributed by atoms with Gasteiger partial charge in [0, 0.05) is 36.3 Å². The number of rotatable bonds is 9. The zero-order chi connectivity index (χ0) is 32.8. The first-order valence-corrected chi connectivity index (χ1v) is 15.0. The fourth-order valence-corrected chi connectivity index (χ4v) is 5.09.